The second kappa shape index (κ2) is 9.96. The van der Waals surface area contributed by atoms with Crippen molar-refractivity contribution in [3.8, 4) is 11.4 Å². The van der Waals surface area contributed by atoms with Gasteiger partial charge in [0.25, 0.3) is 0 Å². The van der Waals surface area contributed by atoms with Crippen LogP contribution in [0.5, 0.6) is 5.75 Å². The molecule has 1 fully saturated rings. The van der Waals surface area contributed by atoms with Crippen LogP contribution in [0.4, 0.5) is 5.69 Å². The Labute approximate surface area is 222 Å². The molecule has 1 N–H and O–H groups in total. The lowest BCUT2D eigenvalue weighted by Gasteiger charge is -2.28. The van der Waals surface area contributed by atoms with Crippen molar-refractivity contribution in [2.75, 3.05) is 12.0 Å². The Hall–Kier alpha value is -3.35. The van der Waals surface area contributed by atoms with Crippen LogP contribution >= 0.6 is 23.8 Å². The van der Waals surface area contributed by atoms with Gasteiger partial charge in [-0.25, -0.2) is 0 Å². The van der Waals surface area contributed by atoms with E-state index in [9.17, 15) is 0 Å². The first-order valence-electron chi connectivity index (χ1n) is 12.1. The number of halogens is 1. The smallest absolute Gasteiger partial charge is 0.174 e. The van der Waals surface area contributed by atoms with Gasteiger partial charge < -0.3 is 19.5 Å². The van der Waals surface area contributed by atoms with Crippen LogP contribution in [0.25, 0.3) is 5.69 Å². The third-order valence-electron chi connectivity index (χ3n) is 6.91. The molecule has 2 aromatic carbocycles. The number of anilines is 1. The summed E-state index contributed by atoms with van der Waals surface area (Å²) in [4.78, 5) is 6.84. The number of nitrogens with zero attached hydrogens (tertiary/aromatic N) is 3. The molecule has 5 nitrogen and oxygen atoms in total. The quantitative estimate of drug-likeness (QED) is 0.283. The Bertz CT molecular complexity index is 1420. The Kier molecular flexibility index (Phi) is 6.73. The van der Waals surface area contributed by atoms with Crippen molar-refractivity contribution in [2.24, 2.45) is 0 Å². The number of hydrogen-bond acceptors (Lipinski definition) is 3. The zero-order valence-electron chi connectivity index (χ0n) is 20.8. The van der Waals surface area contributed by atoms with Gasteiger partial charge in [0.15, 0.2) is 5.11 Å². The minimum absolute atomic E-state index is 0.120. The fourth-order valence-electron chi connectivity index (χ4n) is 5.24. The highest BCUT2D eigenvalue weighted by Gasteiger charge is 2.42. The SMILES string of the molecule is CCc1ccccc1-n1c(C)cc([C@H]2[C@H](c3ccccn3)NC(=S)N2c2ccc(OC)c(Cl)c2)c1C. The predicted molar refractivity (Wildman–Crippen MR) is 151 cm³/mol. The number of nitrogens with one attached hydrogen (secondary N) is 1. The largest absolute Gasteiger partial charge is 0.495 e. The molecule has 2 aromatic heterocycles. The van der Waals surface area contributed by atoms with Crippen LogP contribution in [0.1, 0.15) is 47.2 Å². The van der Waals surface area contributed by atoms with Gasteiger partial charge in [-0.2, -0.15) is 0 Å². The molecule has 4 aromatic rings. The number of thiocarbonyl (C=S) groups is 1. The summed E-state index contributed by atoms with van der Waals surface area (Å²) in [6.07, 6.45) is 2.79. The molecule has 2 atom stereocenters. The van der Waals surface area contributed by atoms with Gasteiger partial charge in [-0.3, -0.25) is 4.98 Å². The van der Waals surface area contributed by atoms with Crippen LogP contribution < -0.4 is 15.0 Å². The molecule has 1 aliphatic heterocycles. The first-order chi connectivity index (χ1) is 17.4. The summed E-state index contributed by atoms with van der Waals surface area (Å²) in [6, 6.07) is 22.4. The monoisotopic (exact) mass is 516 g/mol. The topological polar surface area (TPSA) is 42.3 Å². The molecule has 1 aliphatic rings. The first-order valence-corrected chi connectivity index (χ1v) is 12.8. The number of rotatable bonds is 6. The van der Waals surface area contributed by atoms with E-state index in [1.165, 1.54) is 28.2 Å². The van der Waals surface area contributed by atoms with Gasteiger partial charge in [-0.05, 0) is 86.1 Å². The van der Waals surface area contributed by atoms with Gasteiger partial charge in [0.1, 0.15) is 5.75 Å². The Balaban J connectivity index is 1.69. The summed E-state index contributed by atoms with van der Waals surface area (Å²) >= 11 is 12.4. The average Bonchev–Trinajstić information content (AvgIpc) is 3.39. The molecule has 7 heteroatoms. The molecular formula is C29H29ClN4OS. The summed E-state index contributed by atoms with van der Waals surface area (Å²) in [6.45, 7) is 6.54. The standard InChI is InChI=1S/C29H29ClN4OS/c1-5-20-10-6-7-12-25(20)33-18(2)16-22(19(33)3)28-27(24-11-8-9-15-31-24)32-29(36)34(28)21-13-14-26(35-4)23(30)17-21/h6-17,27-28H,5H2,1-4H3,(H,32,36)/t27-,28-/m0/s1. The molecule has 184 valence electrons. The molecule has 0 saturated carbocycles. The third-order valence-corrected chi connectivity index (χ3v) is 7.52. The highest BCUT2D eigenvalue weighted by molar-refractivity contribution is 7.80. The average molecular weight is 517 g/mol. The third kappa shape index (κ3) is 4.14. The minimum atomic E-state index is -0.130. The molecule has 36 heavy (non-hydrogen) atoms. The highest BCUT2D eigenvalue weighted by atomic mass is 35.5. The summed E-state index contributed by atoms with van der Waals surface area (Å²) in [5, 5.41) is 4.72. The molecule has 0 unspecified atom stereocenters. The van der Waals surface area contributed by atoms with Crippen LogP contribution in [0.3, 0.4) is 0 Å². The number of aromatic nitrogens is 2. The van der Waals surface area contributed by atoms with E-state index in [2.05, 4.69) is 70.9 Å². The lowest BCUT2D eigenvalue weighted by atomic mass is 9.96. The van der Waals surface area contributed by atoms with Crippen molar-refractivity contribution in [3.63, 3.8) is 0 Å². The maximum atomic E-state index is 6.55. The van der Waals surface area contributed by atoms with E-state index >= 15 is 0 Å². The zero-order chi connectivity index (χ0) is 25.4. The Morgan fingerprint density at radius 3 is 2.53 bits per heavy atom. The molecule has 0 aliphatic carbocycles. The molecule has 0 spiro atoms. The molecule has 0 amide bonds. The van der Waals surface area contributed by atoms with Crippen LogP contribution in [-0.4, -0.2) is 21.8 Å². The van der Waals surface area contributed by atoms with Crippen molar-refractivity contribution in [1.29, 1.82) is 0 Å². The van der Waals surface area contributed by atoms with Crippen molar-refractivity contribution >= 4 is 34.6 Å². The van der Waals surface area contributed by atoms with Gasteiger partial charge >= 0.3 is 0 Å². The van der Waals surface area contributed by atoms with Crippen LogP contribution in [-0.2, 0) is 6.42 Å². The van der Waals surface area contributed by atoms with Gasteiger partial charge in [0.2, 0.25) is 0 Å². The van der Waals surface area contributed by atoms with Gasteiger partial charge in [0, 0.05) is 29.0 Å². The van der Waals surface area contributed by atoms with Crippen molar-refractivity contribution < 1.29 is 4.74 Å². The van der Waals surface area contributed by atoms with Crippen LogP contribution in [0, 0.1) is 13.8 Å². The number of hydrogen-bond donors (Lipinski definition) is 1. The van der Waals surface area contributed by atoms with E-state index in [0.717, 1.165) is 17.8 Å². The number of pyridine rings is 1. The van der Waals surface area contributed by atoms with Gasteiger partial charge in [-0.15, -0.1) is 0 Å². The molecule has 1 saturated heterocycles. The van der Waals surface area contributed by atoms with Crippen LogP contribution in [0.2, 0.25) is 5.02 Å². The summed E-state index contributed by atoms with van der Waals surface area (Å²) < 4.78 is 7.74. The van der Waals surface area contributed by atoms with E-state index in [0.29, 0.717) is 15.9 Å². The van der Waals surface area contributed by atoms with E-state index < -0.39 is 0 Å². The summed E-state index contributed by atoms with van der Waals surface area (Å²) in [7, 11) is 1.62. The lowest BCUT2D eigenvalue weighted by molar-refractivity contribution is 0.415. The second-order valence-electron chi connectivity index (χ2n) is 8.96. The normalized spacial score (nSPS) is 17.4. The summed E-state index contributed by atoms with van der Waals surface area (Å²) in [5.41, 5.74) is 7.90. The predicted octanol–water partition coefficient (Wildman–Crippen LogP) is 6.89. The maximum Gasteiger partial charge on any atom is 0.174 e. The Morgan fingerprint density at radius 1 is 1.06 bits per heavy atom. The lowest BCUT2D eigenvalue weighted by Crippen LogP contribution is -2.29. The highest BCUT2D eigenvalue weighted by Crippen LogP contribution is 2.45. The number of ether oxygens (including phenoxy) is 1. The van der Waals surface area contributed by atoms with Crippen molar-refractivity contribution in [2.45, 2.75) is 39.3 Å². The van der Waals surface area contributed by atoms with Crippen molar-refractivity contribution in [3.05, 3.63) is 106 Å². The van der Waals surface area contributed by atoms with Gasteiger partial charge in [0.05, 0.1) is 29.9 Å². The summed E-state index contributed by atoms with van der Waals surface area (Å²) in [5.74, 6) is 0.630. The second-order valence-corrected chi connectivity index (χ2v) is 9.75. The molecule has 5 rings (SSSR count). The fraction of sp³-hybridized carbons (Fsp3) is 0.241. The van der Waals surface area contributed by atoms with Crippen LogP contribution in [0.15, 0.2) is 72.9 Å². The number of benzene rings is 2. The number of aryl methyl sites for hydroxylation is 2. The Morgan fingerprint density at radius 2 is 1.83 bits per heavy atom. The minimum Gasteiger partial charge on any atom is -0.495 e. The molecule has 0 radical (unpaired) electrons. The van der Waals surface area contributed by atoms with E-state index in [4.69, 9.17) is 28.6 Å². The molecule has 3 heterocycles. The van der Waals surface area contributed by atoms with E-state index in [1.54, 1.807) is 7.11 Å². The van der Waals surface area contributed by atoms with E-state index in [-0.39, 0.29) is 12.1 Å². The molecule has 0 bridgehead atoms. The zero-order valence-corrected chi connectivity index (χ0v) is 22.4. The van der Waals surface area contributed by atoms with Crippen molar-refractivity contribution in [1.82, 2.24) is 14.9 Å². The van der Waals surface area contributed by atoms with E-state index in [1.807, 2.05) is 42.6 Å². The molecular weight excluding hydrogens is 488 g/mol. The number of para-hydroxylation sites is 1. The maximum absolute atomic E-state index is 6.55. The fourth-order valence-corrected chi connectivity index (χ4v) is 5.84. The first kappa shape index (κ1) is 24.3. The number of methoxy groups -OCH3 is 1. The van der Waals surface area contributed by atoms with Gasteiger partial charge in [-0.1, -0.05) is 42.8 Å².